The van der Waals surface area contributed by atoms with E-state index in [1.165, 1.54) is 5.56 Å². The van der Waals surface area contributed by atoms with E-state index in [4.69, 9.17) is 0 Å². The van der Waals surface area contributed by atoms with E-state index in [9.17, 15) is 0 Å². The molecule has 0 amide bonds. The summed E-state index contributed by atoms with van der Waals surface area (Å²) in [5.41, 5.74) is 2.26. The lowest BCUT2D eigenvalue weighted by molar-refractivity contribution is 0.682. The molecule has 1 unspecified atom stereocenters. The molecule has 0 fully saturated rings. The average Bonchev–Trinajstić information content (AvgIpc) is 3.31. The van der Waals surface area contributed by atoms with Crippen molar-refractivity contribution in [1.82, 2.24) is 25.2 Å². The molecule has 1 atom stereocenters. The highest BCUT2D eigenvalue weighted by Crippen LogP contribution is 2.16. The molecule has 3 rings (SSSR count). The van der Waals surface area contributed by atoms with Crippen molar-refractivity contribution in [1.29, 1.82) is 0 Å². The zero-order chi connectivity index (χ0) is 17.5. The van der Waals surface area contributed by atoms with Crippen LogP contribution < -0.4 is 10.6 Å². The van der Waals surface area contributed by atoms with Gasteiger partial charge in [-0.05, 0) is 46.9 Å². The van der Waals surface area contributed by atoms with Crippen molar-refractivity contribution >= 4 is 22.9 Å². The minimum absolute atomic E-state index is 0.465. The van der Waals surface area contributed by atoms with E-state index in [0.29, 0.717) is 5.92 Å². The Labute approximate surface area is 152 Å². The van der Waals surface area contributed by atoms with Crippen molar-refractivity contribution in [2.24, 2.45) is 4.99 Å². The zero-order valence-electron chi connectivity index (χ0n) is 14.6. The molecule has 0 aliphatic rings. The molecule has 0 bridgehead atoms. The number of aromatic nitrogens is 3. The number of hydrogen-bond donors (Lipinski definition) is 2. The van der Waals surface area contributed by atoms with Crippen LogP contribution in [0.2, 0.25) is 0 Å². The minimum atomic E-state index is 0.465. The number of fused-ring (bicyclic) bond motifs is 1. The van der Waals surface area contributed by atoms with E-state index in [0.717, 1.165) is 43.4 Å². The highest BCUT2D eigenvalue weighted by Gasteiger charge is 2.07. The quantitative estimate of drug-likeness (QED) is 0.388. The molecule has 0 spiro atoms. The molecule has 0 saturated heterocycles. The van der Waals surface area contributed by atoms with Crippen LogP contribution in [0.4, 0.5) is 0 Å². The van der Waals surface area contributed by atoms with Crippen molar-refractivity contribution in [3.8, 4) is 0 Å². The van der Waals surface area contributed by atoms with Gasteiger partial charge in [0.05, 0.1) is 0 Å². The van der Waals surface area contributed by atoms with Crippen LogP contribution in [-0.4, -0.2) is 40.7 Å². The molecule has 0 aliphatic heterocycles. The fraction of sp³-hybridized carbons (Fsp3) is 0.389. The van der Waals surface area contributed by atoms with E-state index in [2.05, 4.69) is 49.6 Å². The van der Waals surface area contributed by atoms with E-state index >= 15 is 0 Å². The summed E-state index contributed by atoms with van der Waals surface area (Å²) in [6.45, 7) is 3.93. The second-order valence-electron chi connectivity index (χ2n) is 5.99. The van der Waals surface area contributed by atoms with Crippen molar-refractivity contribution in [2.45, 2.75) is 25.7 Å². The standard InChI is InChI=1S/C18H24N6S/c1-14(15-8-11-25-13-15)12-21-18(19-2)20-9-5-7-17-23-22-16-6-3-4-10-24(16)17/h3-4,6,8,10-11,13-14H,5,7,9,12H2,1-2H3,(H2,19,20,21). The maximum Gasteiger partial charge on any atom is 0.190 e. The minimum Gasteiger partial charge on any atom is -0.356 e. The van der Waals surface area contributed by atoms with Gasteiger partial charge in [0.25, 0.3) is 0 Å². The third-order valence-electron chi connectivity index (χ3n) is 4.17. The first-order valence-electron chi connectivity index (χ1n) is 8.53. The lowest BCUT2D eigenvalue weighted by Crippen LogP contribution is -2.39. The van der Waals surface area contributed by atoms with Gasteiger partial charge in [0.15, 0.2) is 11.6 Å². The Morgan fingerprint density at radius 1 is 1.28 bits per heavy atom. The molecule has 25 heavy (non-hydrogen) atoms. The van der Waals surface area contributed by atoms with Gasteiger partial charge in [-0.15, -0.1) is 10.2 Å². The van der Waals surface area contributed by atoms with Crippen molar-refractivity contribution < 1.29 is 0 Å². The highest BCUT2D eigenvalue weighted by atomic mass is 32.1. The second kappa shape index (κ2) is 8.62. The van der Waals surface area contributed by atoms with Gasteiger partial charge in [0.2, 0.25) is 0 Å². The SMILES string of the molecule is CN=C(NCCCc1nnc2ccccn12)NCC(C)c1ccsc1. The Morgan fingerprint density at radius 2 is 2.20 bits per heavy atom. The van der Waals surface area contributed by atoms with Crippen LogP contribution in [0.1, 0.15) is 30.7 Å². The largest absolute Gasteiger partial charge is 0.356 e. The Hall–Kier alpha value is -2.41. The summed E-state index contributed by atoms with van der Waals surface area (Å²) in [5, 5.41) is 19.5. The second-order valence-corrected chi connectivity index (χ2v) is 6.77. The number of rotatable bonds is 7. The zero-order valence-corrected chi connectivity index (χ0v) is 15.5. The van der Waals surface area contributed by atoms with Gasteiger partial charge in [-0.3, -0.25) is 9.39 Å². The molecule has 3 heterocycles. The molecule has 3 aromatic heterocycles. The van der Waals surface area contributed by atoms with Crippen LogP contribution in [0.25, 0.3) is 5.65 Å². The first-order valence-corrected chi connectivity index (χ1v) is 9.47. The molecule has 132 valence electrons. The molecule has 3 aromatic rings. The van der Waals surface area contributed by atoms with Crippen LogP contribution in [-0.2, 0) is 6.42 Å². The number of pyridine rings is 1. The van der Waals surface area contributed by atoms with E-state index in [1.807, 2.05) is 28.8 Å². The van der Waals surface area contributed by atoms with Crippen LogP contribution in [0, 0.1) is 0 Å². The number of guanidine groups is 1. The van der Waals surface area contributed by atoms with Crippen LogP contribution >= 0.6 is 11.3 Å². The van der Waals surface area contributed by atoms with Crippen LogP contribution in [0.15, 0.2) is 46.2 Å². The summed E-state index contributed by atoms with van der Waals surface area (Å²) in [6, 6.07) is 8.12. The maximum atomic E-state index is 4.29. The Balaban J connectivity index is 1.41. The molecule has 7 heteroatoms. The molecular formula is C18H24N6S. The van der Waals surface area contributed by atoms with E-state index in [1.54, 1.807) is 18.4 Å². The summed E-state index contributed by atoms with van der Waals surface area (Å²) in [7, 11) is 1.80. The molecule has 0 saturated carbocycles. The molecule has 2 N–H and O–H groups in total. The van der Waals surface area contributed by atoms with Gasteiger partial charge in [-0.2, -0.15) is 11.3 Å². The fourth-order valence-electron chi connectivity index (χ4n) is 2.66. The lowest BCUT2D eigenvalue weighted by Gasteiger charge is -2.15. The van der Waals surface area contributed by atoms with Gasteiger partial charge in [-0.1, -0.05) is 13.0 Å². The molecular weight excluding hydrogens is 332 g/mol. The maximum absolute atomic E-state index is 4.29. The number of nitrogens with zero attached hydrogens (tertiary/aromatic N) is 4. The molecule has 0 aliphatic carbocycles. The predicted octanol–water partition coefficient (Wildman–Crippen LogP) is 2.69. The molecule has 6 nitrogen and oxygen atoms in total. The Kier molecular flexibility index (Phi) is 6.00. The number of hydrogen-bond acceptors (Lipinski definition) is 4. The predicted molar refractivity (Wildman–Crippen MR) is 103 cm³/mol. The monoisotopic (exact) mass is 356 g/mol. The summed E-state index contributed by atoms with van der Waals surface area (Å²) in [5.74, 6) is 2.30. The van der Waals surface area contributed by atoms with Crippen LogP contribution in [0.3, 0.4) is 0 Å². The van der Waals surface area contributed by atoms with Crippen LogP contribution in [0.5, 0.6) is 0 Å². The first kappa shape index (κ1) is 17.4. The fourth-order valence-corrected chi connectivity index (χ4v) is 3.44. The smallest absolute Gasteiger partial charge is 0.190 e. The van der Waals surface area contributed by atoms with Gasteiger partial charge in [0, 0.05) is 32.8 Å². The van der Waals surface area contributed by atoms with Crippen molar-refractivity contribution in [3.63, 3.8) is 0 Å². The van der Waals surface area contributed by atoms with Gasteiger partial charge in [-0.25, -0.2) is 0 Å². The molecule has 0 radical (unpaired) electrons. The van der Waals surface area contributed by atoms with Gasteiger partial charge >= 0.3 is 0 Å². The molecule has 0 aromatic carbocycles. The summed E-state index contributed by atoms with van der Waals surface area (Å²) < 4.78 is 2.04. The third kappa shape index (κ3) is 4.57. The number of aliphatic imine (C=N–C) groups is 1. The van der Waals surface area contributed by atoms with E-state index < -0.39 is 0 Å². The Morgan fingerprint density at radius 3 is 3.00 bits per heavy atom. The average molecular weight is 356 g/mol. The summed E-state index contributed by atoms with van der Waals surface area (Å²) >= 11 is 1.74. The summed E-state index contributed by atoms with van der Waals surface area (Å²) in [4.78, 5) is 4.29. The van der Waals surface area contributed by atoms with Crippen molar-refractivity contribution in [3.05, 3.63) is 52.6 Å². The topological polar surface area (TPSA) is 66.6 Å². The normalized spacial score (nSPS) is 13.1. The first-order chi connectivity index (χ1) is 12.3. The third-order valence-corrected chi connectivity index (χ3v) is 4.87. The Bertz CT molecular complexity index is 808. The number of nitrogens with one attached hydrogen (secondary N) is 2. The van der Waals surface area contributed by atoms with Crippen molar-refractivity contribution in [2.75, 3.05) is 20.1 Å². The number of thiophene rings is 1. The highest BCUT2D eigenvalue weighted by molar-refractivity contribution is 7.07. The summed E-state index contributed by atoms with van der Waals surface area (Å²) in [6.07, 6.45) is 3.85. The lowest BCUT2D eigenvalue weighted by atomic mass is 10.1. The van der Waals surface area contributed by atoms with Gasteiger partial charge in [0.1, 0.15) is 5.82 Å². The van der Waals surface area contributed by atoms with E-state index in [-0.39, 0.29) is 0 Å². The number of aryl methyl sites for hydroxylation is 1. The van der Waals surface area contributed by atoms with Gasteiger partial charge < -0.3 is 10.6 Å².